The number of hydrogen-bond acceptors (Lipinski definition) is 7. The summed E-state index contributed by atoms with van der Waals surface area (Å²) in [5, 5.41) is 14.5. The lowest BCUT2D eigenvalue weighted by atomic mass is 10.2. The van der Waals surface area contributed by atoms with Gasteiger partial charge in [0.1, 0.15) is 0 Å². The van der Waals surface area contributed by atoms with Gasteiger partial charge in [0.15, 0.2) is 5.82 Å². The first-order valence-corrected chi connectivity index (χ1v) is 8.99. The van der Waals surface area contributed by atoms with Crippen molar-refractivity contribution in [3.05, 3.63) is 30.5 Å². The molecule has 1 aliphatic heterocycles. The highest BCUT2D eigenvalue weighted by Gasteiger charge is 2.14. The molecule has 7 heteroatoms. The summed E-state index contributed by atoms with van der Waals surface area (Å²) in [6, 6.07) is 8.41. The average Bonchev–Trinajstić information content (AvgIpc) is 2.64. The third-order valence-electron chi connectivity index (χ3n) is 4.39. The fourth-order valence-corrected chi connectivity index (χ4v) is 2.78. The molecule has 0 spiro atoms. The van der Waals surface area contributed by atoms with Gasteiger partial charge in [0, 0.05) is 44.1 Å². The molecule has 1 aromatic carbocycles. The van der Waals surface area contributed by atoms with E-state index in [1.54, 1.807) is 6.20 Å². The van der Waals surface area contributed by atoms with Crippen LogP contribution in [-0.2, 0) is 0 Å². The highest BCUT2D eigenvalue weighted by molar-refractivity contribution is 5.59. The molecule has 0 bridgehead atoms. The quantitative estimate of drug-likeness (QED) is 0.750. The molecule has 3 rings (SSSR count). The van der Waals surface area contributed by atoms with E-state index in [-0.39, 0.29) is 0 Å². The van der Waals surface area contributed by atoms with Crippen LogP contribution in [0.4, 0.5) is 23.1 Å². The number of piperazine rings is 1. The Labute approximate surface area is 149 Å². The molecule has 0 unspecified atom stereocenters. The van der Waals surface area contributed by atoms with Gasteiger partial charge in [-0.1, -0.05) is 13.3 Å². The van der Waals surface area contributed by atoms with Gasteiger partial charge in [-0.15, -0.1) is 5.10 Å². The summed E-state index contributed by atoms with van der Waals surface area (Å²) in [5.41, 5.74) is 2.22. The highest BCUT2D eigenvalue weighted by Crippen LogP contribution is 2.21. The maximum absolute atomic E-state index is 4.45. The zero-order chi connectivity index (χ0) is 17.5. The Balaban J connectivity index is 1.58. The summed E-state index contributed by atoms with van der Waals surface area (Å²) in [5.74, 6) is 1.26. The lowest BCUT2D eigenvalue weighted by Crippen LogP contribution is -2.44. The smallest absolute Gasteiger partial charge is 0.249 e. The fraction of sp³-hybridized carbons (Fsp3) is 0.500. The van der Waals surface area contributed by atoms with E-state index in [0.717, 1.165) is 57.1 Å². The summed E-state index contributed by atoms with van der Waals surface area (Å²) in [6.45, 7) is 7.42. The molecule has 1 fully saturated rings. The van der Waals surface area contributed by atoms with E-state index >= 15 is 0 Å². The first-order valence-electron chi connectivity index (χ1n) is 8.99. The van der Waals surface area contributed by atoms with Gasteiger partial charge in [0.2, 0.25) is 5.95 Å². The molecule has 0 aliphatic carbocycles. The molecule has 2 heterocycles. The predicted molar refractivity (Wildman–Crippen MR) is 103 cm³/mol. The summed E-state index contributed by atoms with van der Waals surface area (Å²) >= 11 is 0. The molecule has 0 amide bonds. The Morgan fingerprint density at radius 2 is 1.84 bits per heavy atom. The summed E-state index contributed by atoms with van der Waals surface area (Å²) in [7, 11) is 2.17. The van der Waals surface area contributed by atoms with Crippen molar-refractivity contribution < 1.29 is 0 Å². The van der Waals surface area contributed by atoms with E-state index < -0.39 is 0 Å². The topological polar surface area (TPSA) is 69.2 Å². The van der Waals surface area contributed by atoms with Crippen molar-refractivity contribution in [2.75, 3.05) is 55.3 Å². The maximum Gasteiger partial charge on any atom is 0.249 e. The maximum atomic E-state index is 4.45. The van der Waals surface area contributed by atoms with Crippen LogP contribution >= 0.6 is 0 Å². The Hall–Kier alpha value is -2.41. The Bertz CT molecular complexity index is 651. The van der Waals surface area contributed by atoms with Crippen LogP contribution in [0, 0.1) is 0 Å². The van der Waals surface area contributed by atoms with E-state index in [9.17, 15) is 0 Å². The zero-order valence-corrected chi connectivity index (χ0v) is 15.1. The van der Waals surface area contributed by atoms with Crippen LogP contribution in [0.3, 0.4) is 0 Å². The van der Waals surface area contributed by atoms with E-state index in [1.165, 1.54) is 5.69 Å². The second-order valence-corrected chi connectivity index (χ2v) is 6.41. The first kappa shape index (κ1) is 17.4. The van der Waals surface area contributed by atoms with Gasteiger partial charge < -0.3 is 20.4 Å². The molecular weight excluding hydrogens is 314 g/mol. The second-order valence-electron chi connectivity index (χ2n) is 6.41. The molecule has 1 aliphatic rings. The highest BCUT2D eigenvalue weighted by atomic mass is 15.3. The Morgan fingerprint density at radius 3 is 2.56 bits per heavy atom. The van der Waals surface area contributed by atoms with Crippen LogP contribution < -0.4 is 15.5 Å². The van der Waals surface area contributed by atoms with Crippen molar-refractivity contribution in [1.82, 2.24) is 20.1 Å². The second kappa shape index (κ2) is 8.62. The molecule has 2 N–H and O–H groups in total. The number of nitrogens with zero attached hydrogens (tertiary/aromatic N) is 5. The fourth-order valence-electron chi connectivity index (χ4n) is 2.78. The zero-order valence-electron chi connectivity index (χ0n) is 15.1. The average molecular weight is 341 g/mol. The monoisotopic (exact) mass is 341 g/mol. The lowest BCUT2D eigenvalue weighted by molar-refractivity contribution is 0.313. The van der Waals surface area contributed by atoms with Crippen molar-refractivity contribution >= 4 is 23.1 Å². The summed E-state index contributed by atoms with van der Waals surface area (Å²) in [4.78, 5) is 9.22. The van der Waals surface area contributed by atoms with Crippen LogP contribution in [0.1, 0.15) is 19.8 Å². The number of likely N-dealkylation sites (N-methyl/N-ethyl adjacent to an activating group) is 1. The molecule has 134 valence electrons. The van der Waals surface area contributed by atoms with Gasteiger partial charge in [-0.05, 0) is 37.7 Å². The van der Waals surface area contributed by atoms with Gasteiger partial charge >= 0.3 is 0 Å². The van der Waals surface area contributed by atoms with Crippen LogP contribution in [0.5, 0.6) is 0 Å². The van der Waals surface area contributed by atoms with E-state index in [1.807, 2.05) is 0 Å². The third-order valence-corrected chi connectivity index (χ3v) is 4.39. The SMILES string of the molecule is CCCCNc1cnnc(Nc2ccc(N3CCN(C)CC3)cc2)n1. The van der Waals surface area contributed by atoms with Gasteiger partial charge in [-0.2, -0.15) is 10.1 Å². The standard InChI is InChI=1S/C18H27N7/c1-3-4-9-19-17-14-20-23-18(22-17)21-15-5-7-16(8-6-15)25-12-10-24(2)11-13-25/h5-8,14H,3-4,9-13H2,1-2H3,(H2,19,21,22,23). The van der Waals surface area contributed by atoms with Gasteiger partial charge in [0.05, 0.1) is 6.20 Å². The number of unbranched alkanes of at least 4 members (excludes halogenated alkanes) is 1. The summed E-state index contributed by atoms with van der Waals surface area (Å²) < 4.78 is 0. The number of nitrogens with one attached hydrogen (secondary N) is 2. The molecule has 0 atom stereocenters. The number of aromatic nitrogens is 3. The van der Waals surface area contributed by atoms with E-state index in [4.69, 9.17) is 0 Å². The summed E-state index contributed by atoms with van der Waals surface area (Å²) in [6.07, 6.45) is 3.91. The molecule has 0 radical (unpaired) electrons. The predicted octanol–water partition coefficient (Wildman–Crippen LogP) is 2.58. The Morgan fingerprint density at radius 1 is 1.08 bits per heavy atom. The molecular formula is C18H27N7. The van der Waals surface area contributed by atoms with Gasteiger partial charge in [-0.3, -0.25) is 0 Å². The van der Waals surface area contributed by atoms with Gasteiger partial charge in [0.25, 0.3) is 0 Å². The van der Waals surface area contributed by atoms with Crippen molar-refractivity contribution in [3.63, 3.8) is 0 Å². The van der Waals surface area contributed by atoms with Gasteiger partial charge in [-0.25, -0.2) is 0 Å². The minimum atomic E-state index is 0.508. The van der Waals surface area contributed by atoms with Crippen molar-refractivity contribution in [1.29, 1.82) is 0 Å². The minimum absolute atomic E-state index is 0.508. The van der Waals surface area contributed by atoms with Crippen LogP contribution in [0.25, 0.3) is 0 Å². The Kier molecular flexibility index (Phi) is 6.00. The molecule has 25 heavy (non-hydrogen) atoms. The van der Waals surface area contributed by atoms with Crippen molar-refractivity contribution in [3.8, 4) is 0 Å². The van der Waals surface area contributed by atoms with E-state index in [0.29, 0.717) is 5.95 Å². The van der Waals surface area contributed by atoms with Crippen LogP contribution in [0.2, 0.25) is 0 Å². The third kappa shape index (κ3) is 5.03. The number of anilines is 4. The van der Waals surface area contributed by atoms with Crippen molar-refractivity contribution in [2.24, 2.45) is 0 Å². The molecule has 0 saturated carbocycles. The first-order chi connectivity index (χ1) is 12.2. The molecule has 2 aromatic rings. The molecule has 1 aromatic heterocycles. The lowest BCUT2D eigenvalue weighted by Gasteiger charge is -2.34. The van der Waals surface area contributed by atoms with Crippen molar-refractivity contribution in [2.45, 2.75) is 19.8 Å². The largest absolute Gasteiger partial charge is 0.369 e. The van der Waals surface area contributed by atoms with E-state index in [2.05, 4.69) is 73.9 Å². The number of benzene rings is 1. The minimum Gasteiger partial charge on any atom is -0.369 e. The van der Waals surface area contributed by atoms with Crippen LogP contribution in [-0.4, -0.2) is 59.9 Å². The van der Waals surface area contributed by atoms with Crippen LogP contribution in [0.15, 0.2) is 30.5 Å². The number of hydrogen-bond donors (Lipinski definition) is 2. The normalized spacial score (nSPS) is 15.2. The number of rotatable bonds is 7. The molecule has 1 saturated heterocycles. The molecule has 7 nitrogen and oxygen atoms in total.